The summed E-state index contributed by atoms with van der Waals surface area (Å²) in [5.74, 6) is 0.867. The third-order valence-corrected chi connectivity index (χ3v) is 5.32. The van der Waals surface area contributed by atoms with E-state index in [1.165, 1.54) is 18.4 Å². The normalized spacial score (nSPS) is 30.4. The molecule has 110 valence electrons. The van der Waals surface area contributed by atoms with Gasteiger partial charge < -0.3 is 5.32 Å². The average molecular weight is 293 g/mol. The third kappa shape index (κ3) is 2.88. The van der Waals surface area contributed by atoms with Gasteiger partial charge in [0.05, 0.1) is 0 Å². The minimum absolute atomic E-state index is 0.202. The minimum Gasteiger partial charge on any atom is -0.308 e. The number of piperazine rings is 1. The van der Waals surface area contributed by atoms with E-state index in [2.05, 4.69) is 43.1 Å². The van der Waals surface area contributed by atoms with Crippen LogP contribution in [-0.4, -0.2) is 29.1 Å². The molecule has 0 amide bonds. The molecule has 2 aliphatic rings. The molecule has 0 bridgehead atoms. The maximum absolute atomic E-state index is 5.98. The smallest absolute Gasteiger partial charge is 0.0406 e. The summed E-state index contributed by atoms with van der Waals surface area (Å²) in [5.41, 5.74) is 1.85. The van der Waals surface area contributed by atoms with E-state index < -0.39 is 0 Å². The lowest BCUT2D eigenvalue weighted by atomic mass is 9.86. The predicted octanol–water partition coefficient (Wildman–Crippen LogP) is 3.69. The largest absolute Gasteiger partial charge is 0.308 e. The van der Waals surface area contributed by atoms with E-state index in [9.17, 15) is 0 Å². The first-order valence-electron chi connectivity index (χ1n) is 7.64. The maximum atomic E-state index is 5.98. The second kappa shape index (κ2) is 5.01. The second-order valence-corrected chi connectivity index (χ2v) is 7.78. The van der Waals surface area contributed by atoms with E-state index >= 15 is 0 Å². The van der Waals surface area contributed by atoms with Crippen molar-refractivity contribution in [2.75, 3.05) is 13.1 Å². The van der Waals surface area contributed by atoms with Crippen LogP contribution in [0.1, 0.15) is 39.2 Å². The molecule has 1 aliphatic heterocycles. The van der Waals surface area contributed by atoms with Crippen molar-refractivity contribution in [3.8, 4) is 0 Å². The van der Waals surface area contributed by atoms with E-state index in [0.717, 1.165) is 30.6 Å². The highest BCUT2D eigenvalue weighted by Gasteiger charge is 2.47. The van der Waals surface area contributed by atoms with E-state index in [1.54, 1.807) is 0 Å². The van der Waals surface area contributed by atoms with Crippen LogP contribution >= 0.6 is 11.6 Å². The van der Waals surface area contributed by atoms with E-state index in [4.69, 9.17) is 11.6 Å². The molecule has 3 rings (SSSR count). The van der Waals surface area contributed by atoms with Crippen molar-refractivity contribution in [2.24, 2.45) is 5.92 Å². The Hall–Kier alpha value is -0.570. The van der Waals surface area contributed by atoms with Crippen molar-refractivity contribution in [2.45, 2.75) is 51.2 Å². The average Bonchev–Trinajstić information content (AvgIpc) is 3.22. The Balaban J connectivity index is 1.75. The Labute approximate surface area is 127 Å². The lowest BCUT2D eigenvalue weighted by molar-refractivity contribution is 0.0178. The van der Waals surface area contributed by atoms with Gasteiger partial charge in [0.15, 0.2) is 0 Å². The maximum Gasteiger partial charge on any atom is 0.0406 e. The summed E-state index contributed by atoms with van der Waals surface area (Å²) >= 11 is 5.98. The van der Waals surface area contributed by atoms with Crippen molar-refractivity contribution in [3.05, 3.63) is 34.9 Å². The molecule has 1 aromatic carbocycles. The van der Waals surface area contributed by atoms with Crippen LogP contribution in [0.25, 0.3) is 0 Å². The van der Waals surface area contributed by atoms with Gasteiger partial charge in [-0.1, -0.05) is 23.7 Å². The van der Waals surface area contributed by atoms with Gasteiger partial charge in [0.25, 0.3) is 0 Å². The molecule has 2 nitrogen and oxygen atoms in total. The van der Waals surface area contributed by atoms with Crippen LogP contribution in [0.3, 0.4) is 0 Å². The predicted molar refractivity (Wildman–Crippen MR) is 85.1 cm³/mol. The number of halogens is 1. The molecule has 1 heterocycles. The molecule has 1 saturated heterocycles. The van der Waals surface area contributed by atoms with Crippen LogP contribution in [0, 0.1) is 5.92 Å². The summed E-state index contributed by atoms with van der Waals surface area (Å²) in [6.07, 6.45) is 2.78. The van der Waals surface area contributed by atoms with E-state index in [0.29, 0.717) is 5.54 Å². The summed E-state index contributed by atoms with van der Waals surface area (Å²) in [7, 11) is 0. The Morgan fingerprint density at radius 2 is 1.85 bits per heavy atom. The topological polar surface area (TPSA) is 15.3 Å². The molecule has 1 unspecified atom stereocenters. The highest BCUT2D eigenvalue weighted by Crippen LogP contribution is 2.42. The highest BCUT2D eigenvalue weighted by molar-refractivity contribution is 6.30. The van der Waals surface area contributed by atoms with Crippen molar-refractivity contribution in [1.82, 2.24) is 10.2 Å². The SMILES string of the molecule is CC1(C2CC2)CN(Cc2ccc(Cl)cc2)C(C)(C)CN1. The first kappa shape index (κ1) is 14.4. The molecule has 0 spiro atoms. The van der Waals surface area contributed by atoms with Crippen LogP contribution in [0.15, 0.2) is 24.3 Å². The standard InChI is InChI=1S/C17H25ClN2/c1-16(2)11-19-17(3,14-6-7-14)12-20(16)10-13-4-8-15(18)9-5-13/h4-5,8-9,14,19H,6-7,10-12H2,1-3H3. The van der Waals surface area contributed by atoms with Gasteiger partial charge >= 0.3 is 0 Å². The Morgan fingerprint density at radius 3 is 2.45 bits per heavy atom. The van der Waals surface area contributed by atoms with Crippen molar-refractivity contribution in [1.29, 1.82) is 0 Å². The number of nitrogens with one attached hydrogen (secondary N) is 1. The van der Waals surface area contributed by atoms with Gasteiger partial charge in [-0.2, -0.15) is 0 Å². The molecule has 0 aromatic heterocycles. The quantitative estimate of drug-likeness (QED) is 0.914. The molecule has 1 atom stereocenters. The van der Waals surface area contributed by atoms with E-state index in [-0.39, 0.29) is 5.54 Å². The summed E-state index contributed by atoms with van der Waals surface area (Å²) in [6.45, 7) is 10.3. The zero-order chi connectivity index (χ0) is 14.4. The summed E-state index contributed by atoms with van der Waals surface area (Å²) in [6, 6.07) is 8.28. The van der Waals surface area contributed by atoms with Crippen LogP contribution in [0.5, 0.6) is 0 Å². The fraction of sp³-hybridized carbons (Fsp3) is 0.647. The Kier molecular flexibility index (Phi) is 3.60. The first-order chi connectivity index (χ1) is 9.39. The molecular formula is C17H25ClN2. The van der Waals surface area contributed by atoms with Crippen LogP contribution in [-0.2, 0) is 6.54 Å². The minimum atomic E-state index is 0.202. The lowest BCUT2D eigenvalue weighted by Crippen LogP contribution is -2.67. The molecule has 3 heteroatoms. The van der Waals surface area contributed by atoms with Crippen molar-refractivity contribution >= 4 is 11.6 Å². The molecule has 20 heavy (non-hydrogen) atoms. The number of rotatable bonds is 3. The second-order valence-electron chi connectivity index (χ2n) is 7.34. The van der Waals surface area contributed by atoms with Crippen LogP contribution < -0.4 is 5.32 Å². The summed E-state index contributed by atoms with van der Waals surface area (Å²) < 4.78 is 0. The molecule has 1 aromatic rings. The molecule has 0 radical (unpaired) electrons. The number of hydrogen-bond donors (Lipinski definition) is 1. The van der Waals surface area contributed by atoms with Crippen LogP contribution in [0.2, 0.25) is 5.02 Å². The molecule has 1 saturated carbocycles. The van der Waals surface area contributed by atoms with Gasteiger partial charge in [-0.3, -0.25) is 4.90 Å². The molecule has 1 N–H and O–H groups in total. The monoisotopic (exact) mass is 292 g/mol. The zero-order valence-electron chi connectivity index (χ0n) is 12.7. The first-order valence-corrected chi connectivity index (χ1v) is 8.01. The lowest BCUT2D eigenvalue weighted by Gasteiger charge is -2.51. The Bertz CT molecular complexity index is 478. The zero-order valence-corrected chi connectivity index (χ0v) is 13.5. The highest BCUT2D eigenvalue weighted by atomic mass is 35.5. The summed E-state index contributed by atoms with van der Waals surface area (Å²) in [5, 5.41) is 4.63. The number of benzene rings is 1. The number of hydrogen-bond acceptors (Lipinski definition) is 2. The van der Waals surface area contributed by atoms with Gasteiger partial charge in [0, 0.05) is 35.7 Å². The number of nitrogens with zero attached hydrogens (tertiary/aromatic N) is 1. The molecular weight excluding hydrogens is 268 g/mol. The third-order valence-electron chi connectivity index (χ3n) is 5.07. The fourth-order valence-electron chi connectivity index (χ4n) is 3.27. The van der Waals surface area contributed by atoms with Gasteiger partial charge in [-0.25, -0.2) is 0 Å². The summed E-state index contributed by atoms with van der Waals surface area (Å²) in [4.78, 5) is 2.63. The van der Waals surface area contributed by atoms with Gasteiger partial charge in [0.1, 0.15) is 0 Å². The van der Waals surface area contributed by atoms with Gasteiger partial charge in [-0.15, -0.1) is 0 Å². The molecule has 2 fully saturated rings. The Morgan fingerprint density at radius 1 is 1.20 bits per heavy atom. The van der Waals surface area contributed by atoms with Crippen LogP contribution in [0.4, 0.5) is 0 Å². The van der Waals surface area contributed by atoms with Crippen molar-refractivity contribution < 1.29 is 0 Å². The fourth-order valence-corrected chi connectivity index (χ4v) is 3.40. The van der Waals surface area contributed by atoms with E-state index in [1.807, 2.05) is 12.1 Å². The van der Waals surface area contributed by atoms with Crippen molar-refractivity contribution in [3.63, 3.8) is 0 Å². The van der Waals surface area contributed by atoms with Gasteiger partial charge in [0.2, 0.25) is 0 Å². The molecule has 1 aliphatic carbocycles. The van der Waals surface area contributed by atoms with Gasteiger partial charge in [-0.05, 0) is 57.2 Å².